The second-order valence-corrected chi connectivity index (χ2v) is 6.07. The topological polar surface area (TPSA) is 67.2 Å². The van der Waals surface area contributed by atoms with Crippen LogP contribution in [0.25, 0.3) is 22.4 Å². The highest BCUT2D eigenvalue weighted by molar-refractivity contribution is 6.07. The molecule has 1 aromatic carbocycles. The number of carbonyl (C=O) groups excluding carboxylic acids is 1. The van der Waals surface area contributed by atoms with E-state index < -0.39 is 0 Å². The first kappa shape index (κ1) is 14.9. The Morgan fingerprint density at radius 3 is 2.96 bits per heavy atom. The minimum atomic E-state index is -0.0601. The fourth-order valence-electron chi connectivity index (χ4n) is 3.15. The van der Waals surface area contributed by atoms with Gasteiger partial charge in [0.2, 0.25) is 0 Å². The van der Waals surface area contributed by atoms with Crippen molar-refractivity contribution in [3.63, 3.8) is 0 Å². The van der Waals surface area contributed by atoms with Crippen LogP contribution in [0.2, 0.25) is 0 Å². The van der Waals surface area contributed by atoms with Crippen molar-refractivity contribution in [3.8, 4) is 11.5 Å². The molecule has 1 aliphatic heterocycles. The number of piperidine rings is 1. The van der Waals surface area contributed by atoms with Gasteiger partial charge >= 0.3 is 0 Å². The number of nitrogens with zero attached hydrogens (tertiary/aromatic N) is 1. The van der Waals surface area contributed by atoms with Crippen molar-refractivity contribution in [1.82, 2.24) is 15.6 Å². The largest absolute Gasteiger partial charge is 0.463 e. The Kier molecular flexibility index (Phi) is 4.01. The Morgan fingerprint density at radius 2 is 2.17 bits per heavy atom. The third kappa shape index (κ3) is 2.90. The maximum Gasteiger partial charge on any atom is 0.252 e. The van der Waals surface area contributed by atoms with Gasteiger partial charge in [-0.3, -0.25) is 4.79 Å². The first-order valence-corrected chi connectivity index (χ1v) is 8.26. The molecule has 0 unspecified atom stereocenters. The first-order valence-electron chi connectivity index (χ1n) is 8.26. The van der Waals surface area contributed by atoms with Gasteiger partial charge in [-0.05, 0) is 43.7 Å². The molecule has 0 bridgehead atoms. The zero-order valence-electron chi connectivity index (χ0n) is 13.3. The second kappa shape index (κ2) is 6.45. The molecule has 5 heteroatoms. The zero-order valence-corrected chi connectivity index (χ0v) is 13.3. The lowest BCUT2D eigenvalue weighted by molar-refractivity contribution is 0.0932. The normalized spacial score (nSPS) is 17.8. The number of rotatable bonds is 3. The summed E-state index contributed by atoms with van der Waals surface area (Å²) in [7, 11) is 0. The number of nitrogens with one attached hydrogen (secondary N) is 2. The highest BCUT2D eigenvalue weighted by Crippen LogP contribution is 2.25. The summed E-state index contributed by atoms with van der Waals surface area (Å²) in [6.45, 7) is 1.84. The number of benzene rings is 1. The van der Waals surface area contributed by atoms with Gasteiger partial charge in [0, 0.05) is 18.0 Å². The zero-order chi connectivity index (χ0) is 16.4. The van der Waals surface area contributed by atoms with E-state index >= 15 is 0 Å². The average molecular weight is 321 g/mol. The van der Waals surface area contributed by atoms with Gasteiger partial charge in [-0.15, -0.1) is 0 Å². The number of furan rings is 1. The quantitative estimate of drug-likeness (QED) is 0.778. The highest BCUT2D eigenvalue weighted by atomic mass is 16.3. The molecule has 1 fully saturated rings. The molecule has 5 nitrogen and oxygen atoms in total. The van der Waals surface area contributed by atoms with E-state index in [9.17, 15) is 4.79 Å². The summed E-state index contributed by atoms with van der Waals surface area (Å²) in [5.41, 5.74) is 2.10. The van der Waals surface area contributed by atoms with Crippen LogP contribution >= 0.6 is 0 Å². The van der Waals surface area contributed by atoms with E-state index in [4.69, 9.17) is 4.42 Å². The van der Waals surface area contributed by atoms with E-state index in [1.807, 2.05) is 42.5 Å². The fraction of sp³-hybridized carbons (Fsp3) is 0.263. The van der Waals surface area contributed by atoms with Crippen LogP contribution in [-0.2, 0) is 0 Å². The molecule has 4 rings (SSSR count). The van der Waals surface area contributed by atoms with Gasteiger partial charge in [0.1, 0.15) is 5.69 Å². The molecule has 1 aliphatic rings. The van der Waals surface area contributed by atoms with Gasteiger partial charge < -0.3 is 15.1 Å². The molecule has 0 spiro atoms. The molecule has 1 saturated heterocycles. The van der Waals surface area contributed by atoms with Crippen LogP contribution < -0.4 is 10.6 Å². The van der Waals surface area contributed by atoms with Crippen LogP contribution in [0.5, 0.6) is 0 Å². The predicted octanol–water partition coefficient (Wildman–Crippen LogP) is 2.98. The number of carbonyl (C=O) groups is 1. The molecule has 122 valence electrons. The molecule has 24 heavy (non-hydrogen) atoms. The van der Waals surface area contributed by atoms with Crippen LogP contribution in [-0.4, -0.2) is 30.0 Å². The Hall–Kier alpha value is -2.66. The maximum absolute atomic E-state index is 12.9. The molecule has 2 aromatic heterocycles. The number of hydrogen-bond donors (Lipinski definition) is 2. The number of amides is 1. The van der Waals surface area contributed by atoms with Gasteiger partial charge in [-0.1, -0.05) is 18.2 Å². The Morgan fingerprint density at radius 1 is 1.25 bits per heavy atom. The third-order valence-electron chi connectivity index (χ3n) is 4.37. The molecule has 0 radical (unpaired) electrons. The Bertz CT molecular complexity index is 852. The molecule has 3 aromatic rings. The summed E-state index contributed by atoms with van der Waals surface area (Å²) in [5, 5.41) is 7.32. The maximum atomic E-state index is 12.9. The summed E-state index contributed by atoms with van der Waals surface area (Å²) < 4.78 is 5.45. The summed E-state index contributed by atoms with van der Waals surface area (Å²) >= 11 is 0. The molecule has 3 heterocycles. The summed E-state index contributed by atoms with van der Waals surface area (Å²) in [6, 6.07) is 13.4. The van der Waals surface area contributed by atoms with Crippen molar-refractivity contribution in [2.45, 2.75) is 18.9 Å². The Balaban J connectivity index is 1.73. The lowest BCUT2D eigenvalue weighted by atomic mass is 10.0. The lowest BCUT2D eigenvalue weighted by Gasteiger charge is -2.24. The standard InChI is InChI=1S/C19H19N3O2/c23-19(21-13-5-3-9-20-12-13)15-11-17(18-8-4-10-24-18)22-16-7-2-1-6-14(15)16/h1-2,4,6-8,10-11,13,20H,3,5,9,12H2,(H,21,23)/t13-/m0/s1. The van der Waals surface area contributed by atoms with Crippen molar-refractivity contribution < 1.29 is 9.21 Å². The molecular weight excluding hydrogens is 302 g/mol. The van der Waals surface area contributed by atoms with E-state index in [0.29, 0.717) is 17.0 Å². The smallest absolute Gasteiger partial charge is 0.252 e. The van der Waals surface area contributed by atoms with Gasteiger partial charge in [0.05, 0.1) is 17.3 Å². The SMILES string of the molecule is O=C(N[C@H]1CCCNC1)c1cc(-c2ccco2)nc2ccccc12. The van der Waals surface area contributed by atoms with Crippen LogP contribution in [0.4, 0.5) is 0 Å². The van der Waals surface area contributed by atoms with Crippen LogP contribution in [0.3, 0.4) is 0 Å². The van der Waals surface area contributed by atoms with Crippen molar-refractivity contribution >= 4 is 16.8 Å². The van der Waals surface area contributed by atoms with E-state index in [-0.39, 0.29) is 11.9 Å². The average Bonchev–Trinajstić information content (AvgIpc) is 3.16. The number of fused-ring (bicyclic) bond motifs is 1. The van der Waals surface area contributed by atoms with E-state index in [0.717, 1.165) is 36.8 Å². The van der Waals surface area contributed by atoms with Crippen molar-refractivity contribution in [2.75, 3.05) is 13.1 Å². The molecule has 0 aliphatic carbocycles. The van der Waals surface area contributed by atoms with Gasteiger partial charge in [-0.25, -0.2) is 4.98 Å². The van der Waals surface area contributed by atoms with E-state index in [1.165, 1.54) is 0 Å². The monoisotopic (exact) mass is 321 g/mol. The second-order valence-electron chi connectivity index (χ2n) is 6.07. The Labute approximate surface area is 140 Å². The molecular formula is C19H19N3O2. The van der Waals surface area contributed by atoms with Crippen molar-refractivity contribution in [3.05, 3.63) is 54.3 Å². The molecule has 0 saturated carbocycles. The molecule has 1 amide bonds. The lowest BCUT2D eigenvalue weighted by Crippen LogP contribution is -2.45. The van der Waals surface area contributed by atoms with Gasteiger partial charge in [-0.2, -0.15) is 0 Å². The van der Waals surface area contributed by atoms with Gasteiger partial charge in [0.15, 0.2) is 5.76 Å². The van der Waals surface area contributed by atoms with Crippen LogP contribution in [0.1, 0.15) is 23.2 Å². The van der Waals surface area contributed by atoms with Crippen molar-refractivity contribution in [1.29, 1.82) is 0 Å². The highest BCUT2D eigenvalue weighted by Gasteiger charge is 2.19. The minimum absolute atomic E-state index is 0.0601. The number of pyridine rings is 1. The number of aromatic nitrogens is 1. The molecule has 2 N–H and O–H groups in total. The molecule has 1 atom stereocenters. The number of hydrogen-bond acceptors (Lipinski definition) is 4. The van der Waals surface area contributed by atoms with E-state index in [1.54, 1.807) is 6.26 Å². The predicted molar refractivity (Wildman–Crippen MR) is 92.8 cm³/mol. The van der Waals surface area contributed by atoms with Gasteiger partial charge in [0.25, 0.3) is 5.91 Å². The van der Waals surface area contributed by atoms with Crippen molar-refractivity contribution in [2.24, 2.45) is 0 Å². The third-order valence-corrected chi connectivity index (χ3v) is 4.37. The number of para-hydroxylation sites is 1. The fourth-order valence-corrected chi connectivity index (χ4v) is 3.15. The van der Waals surface area contributed by atoms with Crippen LogP contribution in [0.15, 0.2) is 53.1 Å². The van der Waals surface area contributed by atoms with E-state index in [2.05, 4.69) is 15.6 Å². The summed E-state index contributed by atoms with van der Waals surface area (Å²) in [4.78, 5) is 17.5. The first-order chi connectivity index (χ1) is 11.8. The summed E-state index contributed by atoms with van der Waals surface area (Å²) in [6.07, 6.45) is 3.70. The summed E-state index contributed by atoms with van der Waals surface area (Å²) in [5.74, 6) is 0.601. The van der Waals surface area contributed by atoms with Crippen LogP contribution in [0, 0.1) is 0 Å². The minimum Gasteiger partial charge on any atom is -0.463 e.